The number of rotatable bonds is 2. The van der Waals surface area contributed by atoms with Crippen molar-refractivity contribution in [1.82, 2.24) is 4.98 Å². The van der Waals surface area contributed by atoms with Crippen molar-refractivity contribution in [2.24, 2.45) is 0 Å². The summed E-state index contributed by atoms with van der Waals surface area (Å²) in [6.07, 6.45) is 4.34. The van der Waals surface area contributed by atoms with Crippen molar-refractivity contribution in [1.29, 1.82) is 0 Å². The lowest BCUT2D eigenvalue weighted by atomic mass is 9.82. The van der Waals surface area contributed by atoms with Crippen LogP contribution >= 0.6 is 15.9 Å². The van der Waals surface area contributed by atoms with E-state index in [1.54, 1.807) is 6.20 Å². The smallest absolute Gasteiger partial charge is 0.125 e. The van der Waals surface area contributed by atoms with E-state index in [0.717, 1.165) is 47.2 Å². The van der Waals surface area contributed by atoms with Gasteiger partial charge in [0.05, 0.1) is 24.8 Å². The van der Waals surface area contributed by atoms with E-state index in [2.05, 4.69) is 32.3 Å². The highest BCUT2D eigenvalue weighted by atomic mass is 79.9. The van der Waals surface area contributed by atoms with Crippen LogP contribution in [0.1, 0.15) is 30.9 Å². The van der Waals surface area contributed by atoms with Crippen molar-refractivity contribution in [2.45, 2.75) is 30.9 Å². The molecular formula is C22H20BrFN2O2. The first-order valence-corrected chi connectivity index (χ1v) is 10.3. The lowest BCUT2D eigenvalue weighted by Crippen LogP contribution is -2.46. The highest BCUT2D eigenvalue weighted by Crippen LogP contribution is 2.45. The van der Waals surface area contributed by atoms with Crippen molar-refractivity contribution >= 4 is 32.5 Å². The molecule has 1 spiro atoms. The molecule has 144 valence electrons. The van der Waals surface area contributed by atoms with Gasteiger partial charge in [0.25, 0.3) is 0 Å². The van der Waals surface area contributed by atoms with Crippen LogP contribution in [0.4, 0.5) is 10.1 Å². The number of aromatic nitrogens is 1. The Balaban J connectivity index is 1.56. The quantitative estimate of drug-likeness (QED) is 0.558. The van der Waals surface area contributed by atoms with Gasteiger partial charge in [-0.2, -0.15) is 0 Å². The highest BCUT2D eigenvalue weighted by Gasteiger charge is 2.42. The summed E-state index contributed by atoms with van der Waals surface area (Å²) in [5.41, 5.74) is 2.51. The van der Waals surface area contributed by atoms with Crippen molar-refractivity contribution in [3.05, 3.63) is 64.5 Å². The van der Waals surface area contributed by atoms with Crippen LogP contribution in [0.15, 0.2) is 53.1 Å². The van der Waals surface area contributed by atoms with Gasteiger partial charge >= 0.3 is 0 Å². The number of para-hydroxylation sites is 1. The summed E-state index contributed by atoms with van der Waals surface area (Å²) in [4.78, 5) is 4.41. The number of pyridine rings is 1. The standard InChI is InChI=1S/C22H20BrFN2O2/c23-17-12-14(24)11-16-18(5-8-25-21(16)17)26-19-13-22(6-9-27-10-7-22)28-20-4-2-1-3-15(19)20/h1-5,8,11-12,19H,6-7,9-10,13H2,(H,25,26). The molecule has 1 atom stereocenters. The second kappa shape index (κ2) is 7.01. The van der Waals surface area contributed by atoms with Crippen LogP contribution in [-0.2, 0) is 4.74 Å². The molecule has 0 radical (unpaired) electrons. The molecule has 1 N–H and O–H groups in total. The molecule has 1 saturated heterocycles. The van der Waals surface area contributed by atoms with Crippen LogP contribution in [0, 0.1) is 5.82 Å². The Morgan fingerprint density at radius 1 is 1.14 bits per heavy atom. The Morgan fingerprint density at radius 3 is 2.82 bits per heavy atom. The van der Waals surface area contributed by atoms with Crippen molar-refractivity contribution < 1.29 is 13.9 Å². The first kappa shape index (κ1) is 17.9. The van der Waals surface area contributed by atoms with Gasteiger partial charge in [-0.1, -0.05) is 18.2 Å². The van der Waals surface area contributed by atoms with Gasteiger partial charge in [-0.05, 0) is 40.2 Å². The number of hydrogen-bond donors (Lipinski definition) is 1. The molecule has 2 aliphatic heterocycles. The number of ether oxygens (including phenoxy) is 2. The Kier molecular flexibility index (Phi) is 4.48. The Bertz CT molecular complexity index is 1040. The van der Waals surface area contributed by atoms with Crippen molar-refractivity contribution in [3.63, 3.8) is 0 Å². The monoisotopic (exact) mass is 442 g/mol. The van der Waals surface area contributed by atoms with Crippen LogP contribution < -0.4 is 10.1 Å². The Hall–Kier alpha value is -2.18. The predicted molar refractivity (Wildman–Crippen MR) is 110 cm³/mol. The molecule has 0 amide bonds. The molecule has 4 nitrogen and oxygen atoms in total. The third-order valence-electron chi connectivity index (χ3n) is 5.69. The van der Waals surface area contributed by atoms with Crippen molar-refractivity contribution in [2.75, 3.05) is 18.5 Å². The van der Waals surface area contributed by atoms with Crippen LogP contribution in [0.25, 0.3) is 10.9 Å². The fourth-order valence-corrected chi connectivity index (χ4v) is 4.82. The van der Waals surface area contributed by atoms with E-state index in [1.807, 2.05) is 24.3 Å². The predicted octanol–water partition coefficient (Wildman–Crippen LogP) is 5.62. The Morgan fingerprint density at radius 2 is 1.96 bits per heavy atom. The second-order valence-electron chi connectivity index (χ2n) is 7.48. The van der Waals surface area contributed by atoms with Gasteiger partial charge in [-0.3, -0.25) is 4.98 Å². The van der Waals surface area contributed by atoms with Gasteiger partial charge in [0.1, 0.15) is 17.2 Å². The molecule has 0 saturated carbocycles. The summed E-state index contributed by atoms with van der Waals surface area (Å²) in [5, 5.41) is 4.42. The molecular weight excluding hydrogens is 423 g/mol. The average molecular weight is 443 g/mol. The fraction of sp³-hybridized carbons (Fsp3) is 0.318. The number of nitrogens with one attached hydrogen (secondary N) is 1. The summed E-state index contributed by atoms with van der Waals surface area (Å²) in [7, 11) is 0. The number of nitrogens with zero attached hydrogens (tertiary/aromatic N) is 1. The molecule has 6 heteroatoms. The SMILES string of the molecule is Fc1cc(Br)c2nccc(NC3CC4(CCOCC4)Oc4ccccc43)c2c1. The summed E-state index contributed by atoms with van der Waals surface area (Å²) < 4.78 is 26.7. The van der Waals surface area contributed by atoms with E-state index in [1.165, 1.54) is 12.1 Å². The van der Waals surface area contributed by atoms with Gasteiger partial charge in [-0.25, -0.2) is 4.39 Å². The molecule has 28 heavy (non-hydrogen) atoms. The van der Waals surface area contributed by atoms with Gasteiger partial charge in [-0.15, -0.1) is 0 Å². The van der Waals surface area contributed by atoms with E-state index < -0.39 is 0 Å². The number of benzene rings is 2. The van der Waals surface area contributed by atoms with Crippen LogP contribution in [0.2, 0.25) is 0 Å². The third-order valence-corrected chi connectivity index (χ3v) is 6.30. The number of hydrogen-bond acceptors (Lipinski definition) is 4. The van der Waals surface area contributed by atoms with E-state index in [9.17, 15) is 4.39 Å². The summed E-state index contributed by atoms with van der Waals surface area (Å²) in [6, 6.07) is 13.1. The zero-order chi connectivity index (χ0) is 19.1. The molecule has 0 bridgehead atoms. The third kappa shape index (κ3) is 3.14. The molecule has 1 aromatic heterocycles. The van der Waals surface area contributed by atoms with Gasteiger partial charge in [0.2, 0.25) is 0 Å². The highest BCUT2D eigenvalue weighted by molar-refractivity contribution is 9.10. The van der Waals surface area contributed by atoms with Crippen LogP contribution in [0.5, 0.6) is 5.75 Å². The average Bonchev–Trinajstić information content (AvgIpc) is 2.69. The molecule has 0 aliphatic carbocycles. The van der Waals surface area contributed by atoms with Crippen molar-refractivity contribution in [3.8, 4) is 5.75 Å². The number of anilines is 1. The van der Waals surface area contributed by atoms with E-state index in [4.69, 9.17) is 9.47 Å². The zero-order valence-electron chi connectivity index (χ0n) is 15.3. The molecule has 2 aromatic carbocycles. The maximum atomic E-state index is 14.1. The minimum atomic E-state index is -0.288. The summed E-state index contributed by atoms with van der Waals surface area (Å²) in [5.74, 6) is 0.627. The van der Waals surface area contributed by atoms with E-state index in [-0.39, 0.29) is 17.5 Å². The summed E-state index contributed by atoms with van der Waals surface area (Å²) in [6.45, 7) is 1.43. The molecule has 3 heterocycles. The van der Waals surface area contributed by atoms with Crippen LogP contribution in [0.3, 0.4) is 0 Å². The fourth-order valence-electron chi connectivity index (χ4n) is 4.29. The molecule has 1 fully saturated rings. The maximum Gasteiger partial charge on any atom is 0.125 e. The number of halogens is 2. The van der Waals surface area contributed by atoms with Gasteiger partial charge in [0, 0.05) is 46.6 Å². The first-order chi connectivity index (χ1) is 13.6. The lowest BCUT2D eigenvalue weighted by Gasteiger charge is -2.44. The second-order valence-corrected chi connectivity index (χ2v) is 8.33. The molecule has 3 aromatic rings. The lowest BCUT2D eigenvalue weighted by molar-refractivity contribution is -0.0608. The minimum Gasteiger partial charge on any atom is -0.487 e. The minimum absolute atomic E-state index is 0.0655. The summed E-state index contributed by atoms with van der Waals surface area (Å²) >= 11 is 3.43. The van der Waals surface area contributed by atoms with E-state index in [0.29, 0.717) is 17.7 Å². The zero-order valence-corrected chi connectivity index (χ0v) is 16.8. The first-order valence-electron chi connectivity index (χ1n) is 9.50. The molecule has 2 aliphatic rings. The largest absolute Gasteiger partial charge is 0.487 e. The van der Waals surface area contributed by atoms with E-state index >= 15 is 0 Å². The maximum absolute atomic E-state index is 14.1. The molecule has 1 unspecified atom stereocenters. The Labute approximate surface area is 171 Å². The van der Waals surface area contributed by atoms with Gasteiger partial charge < -0.3 is 14.8 Å². The number of fused-ring (bicyclic) bond motifs is 2. The normalized spacial score (nSPS) is 20.6. The van der Waals surface area contributed by atoms with Gasteiger partial charge in [0.15, 0.2) is 0 Å². The topological polar surface area (TPSA) is 43.4 Å². The molecule has 5 rings (SSSR count). The van der Waals surface area contributed by atoms with Crippen LogP contribution in [-0.4, -0.2) is 23.8 Å².